The fourth-order valence-corrected chi connectivity index (χ4v) is 2.88. The van der Waals surface area contributed by atoms with E-state index in [4.69, 9.17) is 19.8 Å². The van der Waals surface area contributed by atoms with Crippen molar-refractivity contribution < 1.29 is 18.8 Å². The van der Waals surface area contributed by atoms with Gasteiger partial charge >= 0.3 is 13.2 Å². The van der Waals surface area contributed by atoms with E-state index in [9.17, 15) is 4.79 Å². The molecule has 2 rings (SSSR count). The first kappa shape index (κ1) is 19.0. The molecule has 8 heteroatoms. The summed E-state index contributed by atoms with van der Waals surface area (Å²) in [4.78, 5) is 16.2. The van der Waals surface area contributed by atoms with Crippen LogP contribution in [0.4, 0.5) is 4.79 Å². The Labute approximate surface area is 147 Å². The maximum Gasteiger partial charge on any atom is 0.505 e. The summed E-state index contributed by atoms with van der Waals surface area (Å²) < 4.78 is 18.0. The highest BCUT2D eigenvalue weighted by molar-refractivity contribution is 7.23. The van der Waals surface area contributed by atoms with Gasteiger partial charge in [-0.2, -0.15) is 4.99 Å². The van der Waals surface area contributed by atoms with Crippen molar-refractivity contribution in [3.8, 4) is 0 Å². The zero-order chi connectivity index (χ0) is 18.3. The lowest BCUT2D eigenvalue weighted by Crippen LogP contribution is -2.41. The monoisotopic (exact) mass is 352 g/mol. The average Bonchev–Trinajstić information content (AvgIpc) is 2.90. The van der Waals surface area contributed by atoms with Crippen molar-refractivity contribution in [3.05, 3.63) is 17.0 Å². The number of rotatable bonds is 2. The molecule has 0 bridgehead atoms. The Bertz CT molecular complexity index is 645. The standard InChI is InChI=1S/C16H25BN2O4S/c1-14(2,3)21-13(20)19-12(18)10-8-9-11(24-10)17-22-15(4,5)16(6,7)23-17/h8-9H,1-7H3,(H2,18,19,20). The highest BCUT2D eigenvalue weighted by Crippen LogP contribution is 2.36. The lowest BCUT2D eigenvalue weighted by Gasteiger charge is -2.32. The van der Waals surface area contributed by atoms with Crippen molar-refractivity contribution in [2.24, 2.45) is 10.7 Å². The van der Waals surface area contributed by atoms with Gasteiger partial charge in [0.2, 0.25) is 0 Å². The molecule has 1 amide bonds. The molecule has 24 heavy (non-hydrogen) atoms. The quantitative estimate of drug-likeness (QED) is 0.503. The largest absolute Gasteiger partial charge is 0.505 e. The molecule has 2 N–H and O–H groups in total. The van der Waals surface area contributed by atoms with Crippen LogP contribution >= 0.6 is 11.3 Å². The second-order valence-corrected chi connectivity index (χ2v) is 8.88. The zero-order valence-electron chi connectivity index (χ0n) is 15.3. The van der Waals surface area contributed by atoms with Crippen molar-refractivity contribution in [2.45, 2.75) is 65.3 Å². The number of thiophene rings is 1. The minimum absolute atomic E-state index is 0.122. The Kier molecular flexibility index (Phi) is 4.87. The van der Waals surface area contributed by atoms with Gasteiger partial charge in [-0.15, -0.1) is 11.3 Å². The summed E-state index contributed by atoms with van der Waals surface area (Å²) in [7, 11) is -0.455. The van der Waals surface area contributed by atoms with Crippen LogP contribution in [0.25, 0.3) is 0 Å². The van der Waals surface area contributed by atoms with E-state index in [1.165, 1.54) is 11.3 Å². The number of amides is 1. The number of carbonyl (C=O) groups is 1. The van der Waals surface area contributed by atoms with Gasteiger partial charge in [0.05, 0.1) is 16.1 Å². The van der Waals surface area contributed by atoms with Gasteiger partial charge in [0.15, 0.2) is 0 Å². The Morgan fingerprint density at radius 2 is 1.75 bits per heavy atom. The number of hydrogen-bond acceptors (Lipinski definition) is 5. The average molecular weight is 352 g/mol. The van der Waals surface area contributed by atoms with Gasteiger partial charge in [-0.1, -0.05) is 6.07 Å². The van der Waals surface area contributed by atoms with Crippen LogP contribution in [-0.2, 0) is 14.0 Å². The normalized spacial score (nSPS) is 20.3. The highest BCUT2D eigenvalue weighted by atomic mass is 32.1. The van der Waals surface area contributed by atoms with Gasteiger partial charge in [-0.3, -0.25) is 0 Å². The third kappa shape index (κ3) is 4.17. The Balaban J connectivity index is 2.13. The van der Waals surface area contributed by atoms with E-state index in [-0.39, 0.29) is 5.84 Å². The third-order valence-corrected chi connectivity index (χ3v) is 5.10. The fourth-order valence-electron chi connectivity index (χ4n) is 2.01. The number of ether oxygens (including phenoxy) is 1. The van der Waals surface area contributed by atoms with E-state index in [2.05, 4.69) is 4.99 Å². The molecule has 0 atom stereocenters. The molecule has 1 fully saturated rings. The summed E-state index contributed by atoms with van der Waals surface area (Å²) in [5, 5.41) is 0. The molecule has 132 valence electrons. The first-order valence-corrected chi connectivity index (χ1v) is 8.65. The van der Waals surface area contributed by atoms with Crippen LogP contribution in [0.15, 0.2) is 17.1 Å². The molecule has 0 aromatic carbocycles. The molecule has 1 saturated heterocycles. The molecular formula is C16H25BN2O4S. The molecule has 1 aliphatic rings. The number of hydrogen-bond donors (Lipinski definition) is 1. The fraction of sp³-hybridized carbons (Fsp3) is 0.625. The summed E-state index contributed by atoms with van der Waals surface area (Å²) in [6.07, 6.45) is -0.703. The molecule has 0 radical (unpaired) electrons. The maximum atomic E-state index is 11.7. The van der Waals surface area contributed by atoms with Crippen LogP contribution in [0.5, 0.6) is 0 Å². The molecule has 0 aliphatic carbocycles. The predicted octanol–water partition coefficient (Wildman–Crippen LogP) is 2.69. The molecule has 0 unspecified atom stereocenters. The van der Waals surface area contributed by atoms with Gasteiger partial charge in [0, 0.05) is 4.78 Å². The van der Waals surface area contributed by atoms with E-state index in [1.54, 1.807) is 26.8 Å². The SMILES string of the molecule is CC(C)(C)OC(=O)N=C(N)c1ccc(B2OC(C)(C)C(C)(C)O2)s1. The van der Waals surface area contributed by atoms with Crippen molar-refractivity contribution in [3.63, 3.8) is 0 Å². The number of nitrogens with zero attached hydrogens (tertiary/aromatic N) is 1. The molecule has 0 saturated carbocycles. The summed E-state index contributed by atoms with van der Waals surface area (Å²) in [5.74, 6) is 0.122. The third-order valence-electron chi connectivity index (χ3n) is 3.97. The van der Waals surface area contributed by atoms with Crippen LogP contribution in [-0.4, -0.2) is 35.9 Å². The number of amidine groups is 1. The second-order valence-electron chi connectivity index (χ2n) is 7.77. The van der Waals surface area contributed by atoms with Gasteiger partial charge in [-0.05, 0) is 54.5 Å². The van der Waals surface area contributed by atoms with E-state index in [0.717, 1.165) is 4.78 Å². The predicted molar refractivity (Wildman–Crippen MR) is 97.0 cm³/mol. The summed E-state index contributed by atoms with van der Waals surface area (Å²) in [5.41, 5.74) is 4.49. The first-order chi connectivity index (χ1) is 10.8. The van der Waals surface area contributed by atoms with Gasteiger partial charge < -0.3 is 19.8 Å². The van der Waals surface area contributed by atoms with Crippen molar-refractivity contribution in [1.29, 1.82) is 0 Å². The van der Waals surface area contributed by atoms with E-state index >= 15 is 0 Å². The molecule has 6 nitrogen and oxygen atoms in total. The molecule has 1 aromatic rings. The Morgan fingerprint density at radius 1 is 1.21 bits per heavy atom. The topological polar surface area (TPSA) is 83.1 Å². The van der Waals surface area contributed by atoms with Gasteiger partial charge in [0.25, 0.3) is 0 Å². The lowest BCUT2D eigenvalue weighted by molar-refractivity contribution is 0.00578. The summed E-state index contributed by atoms with van der Waals surface area (Å²) in [6, 6.07) is 3.67. The molecule has 1 aliphatic heterocycles. The second kappa shape index (κ2) is 6.17. The van der Waals surface area contributed by atoms with Crippen LogP contribution in [0.1, 0.15) is 53.3 Å². The zero-order valence-corrected chi connectivity index (χ0v) is 16.1. The van der Waals surface area contributed by atoms with Crippen molar-refractivity contribution in [2.75, 3.05) is 0 Å². The number of aliphatic imine (C=N–C) groups is 1. The lowest BCUT2D eigenvalue weighted by atomic mass is 9.88. The summed E-state index contributed by atoms with van der Waals surface area (Å²) in [6.45, 7) is 13.3. The minimum atomic E-state index is -0.703. The molecular weight excluding hydrogens is 327 g/mol. The van der Waals surface area contributed by atoms with Crippen molar-refractivity contribution in [1.82, 2.24) is 0 Å². The molecule has 2 heterocycles. The smallest absolute Gasteiger partial charge is 0.442 e. The van der Waals surface area contributed by atoms with Crippen molar-refractivity contribution >= 4 is 35.2 Å². The van der Waals surface area contributed by atoms with Crippen LogP contribution in [0, 0.1) is 0 Å². The van der Waals surface area contributed by atoms with Crippen LogP contribution < -0.4 is 10.5 Å². The Morgan fingerprint density at radius 3 is 2.25 bits per heavy atom. The van der Waals surface area contributed by atoms with E-state index in [0.29, 0.717) is 4.88 Å². The molecule has 1 aromatic heterocycles. The molecule has 0 spiro atoms. The van der Waals surface area contributed by atoms with Crippen LogP contribution in [0.3, 0.4) is 0 Å². The van der Waals surface area contributed by atoms with Gasteiger partial charge in [0.1, 0.15) is 11.4 Å². The van der Waals surface area contributed by atoms with E-state index < -0.39 is 30.0 Å². The highest BCUT2D eigenvalue weighted by Gasteiger charge is 2.52. The number of carbonyl (C=O) groups excluding carboxylic acids is 1. The maximum absolute atomic E-state index is 11.7. The van der Waals surface area contributed by atoms with E-state index in [1.807, 2.05) is 33.8 Å². The van der Waals surface area contributed by atoms with Gasteiger partial charge in [-0.25, -0.2) is 4.79 Å². The Hall–Kier alpha value is -1.38. The summed E-state index contributed by atoms with van der Waals surface area (Å²) >= 11 is 1.39. The first-order valence-electron chi connectivity index (χ1n) is 7.84. The van der Waals surface area contributed by atoms with Crippen LogP contribution in [0.2, 0.25) is 0 Å². The minimum Gasteiger partial charge on any atom is -0.442 e. The number of nitrogens with two attached hydrogens (primary N) is 1.